The minimum Gasteiger partial charge on any atom is -0.480 e. The van der Waals surface area contributed by atoms with E-state index in [1.54, 1.807) is 13.8 Å². The Morgan fingerprint density at radius 3 is 2.47 bits per heavy atom. The molecule has 0 amide bonds. The third-order valence-corrected chi connectivity index (χ3v) is 3.19. The van der Waals surface area contributed by atoms with Gasteiger partial charge in [0, 0.05) is 0 Å². The van der Waals surface area contributed by atoms with E-state index in [2.05, 4.69) is 5.32 Å². The van der Waals surface area contributed by atoms with E-state index < -0.39 is 36.1 Å². The maximum Gasteiger partial charge on any atom is 0.320 e. The number of ether oxygens (including phenoxy) is 1. The van der Waals surface area contributed by atoms with E-state index in [9.17, 15) is 25.2 Å². The van der Waals surface area contributed by atoms with Gasteiger partial charge in [0.05, 0.1) is 13.2 Å². The highest BCUT2D eigenvalue weighted by Crippen LogP contribution is 2.23. The highest BCUT2D eigenvalue weighted by atomic mass is 16.6. The molecule has 0 aromatic carbocycles. The van der Waals surface area contributed by atoms with Crippen molar-refractivity contribution in [2.75, 3.05) is 13.2 Å². The lowest BCUT2D eigenvalue weighted by Gasteiger charge is -2.42. The Kier molecular flexibility index (Phi) is 5.25. The highest BCUT2D eigenvalue weighted by molar-refractivity contribution is 5.73. The minimum atomic E-state index is -2.14. The molecule has 0 spiro atoms. The molecule has 4 unspecified atom stereocenters. The normalized spacial score (nSPS) is 37.3. The third kappa shape index (κ3) is 3.62. The molecule has 0 aromatic heterocycles. The predicted octanol–water partition coefficient (Wildman–Crippen LogP) is -2.51. The van der Waals surface area contributed by atoms with Gasteiger partial charge in [-0.15, -0.1) is 0 Å². The number of carboxylic acids is 1. The fourth-order valence-electron chi connectivity index (χ4n) is 1.91. The molecule has 1 fully saturated rings. The molecule has 0 aromatic rings. The fourth-order valence-corrected chi connectivity index (χ4v) is 1.91. The molecule has 5 atom stereocenters. The van der Waals surface area contributed by atoms with Crippen LogP contribution in [-0.4, -0.2) is 74.8 Å². The zero-order valence-corrected chi connectivity index (χ0v) is 10.9. The van der Waals surface area contributed by atoms with Crippen LogP contribution >= 0.6 is 0 Å². The molecule has 112 valence electrons. The van der Waals surface area contributed by atoms with Gasteiger partial charge in [-0.1, -0.05) is 13.8 Å². The van der Waals surface area contributed by atoms with Gasteiger partial charge in [0.2, 0.25) is 5.79 Å². The number of aliphatic carboxylic acids is 1. The van der Waals surface area contributed by atoms with Crippen molar-refractivity contribution in [3.8, 4) is 0 Å². The van der Waals surface area contributed by atoms with E-state index in [4.69, 9.17) is 9.84 Å². The minimum absolute atomic E-state index is 0.239. The van der Waals surface area contributed by atoms with E-state index in [-0.39, 0.29) is 19.1 Å². The molecule has 8 nitrogen and oxygen atoms in total. The van der Waals surface area contributed by atoms with Gasteiger partial charge in [0.1, 0.15) is 24.4 Å². The molecular weight excluding hydrogens is 258 g/mol. The second-order valence-corrected chi connectivity index (χ2v) is 5.10. The van der Waals surface area contributed by atoms with E-state index in [0.717, 1.165) is 0 Å². The number of rotatable bonds is 5. The molecule has 0 bridgehead atoms. The summed E-state index contributed by atoms with van der Waals surface area (Å²) in [4.78, 5) is 11.0. The number of carboxylic acid groups (broad SMARTS) is 1. The van der Waals surface area contributed by atoms with Gasteiger partial charge in [-0.3, -0.25) is 10.1 Å². The summed E-state index contributed by atoms with van der Waals surface area (Å²) < 4.78 is 4.91. The van der Waals surface area contributed by atoms with Crippen LogP contribution in [0.15, 0.2) is 0 Å². The topological polar surface area (TPSA) is 139 Å². The van der Waals surface area contributed by atoms with Crippen molar-refractivity contribution < 1.29 is 35.1 Å². The van der Waals surface area contributed by atoms with Crippen LogP contribution < -0.4 is 5.32 Å². The Labute approximate surface area is 110 Å². The first-order valence-electron chi connectivity index (χ1n) is 6.05. The van der Waals surface area contributed by atoms with Crippen LogP contribution in [0.3, 0.4) is 0 Å². The number of aliphatic hydroxyl groups is 4. The van der Waals surface area contributed by atoms with Crippen molar-refractivity contribution in [2.24, 2.45) is 5.92 Å². The maximum atomic E-state index is 11.0. The Morgan fingerprint density at radius 2 is 2.00 bits per heavy atom. The zero-order valence-electron chi connectivity index (χ0n) is 10.9. The smallest absolute Gasteiger partial charge is 0.320 e. The first kappa shape index (κ1) is 16.3. The van der Waals surface area contributed by atoms with Crippen molar-refractivity contribution in [1.29, 1.82) is 0 Å². The Bertz CT molecular complexity index is 324. The second-order valence-electron chi connectivity index (χ2n) is 5.10. The van der Waals surface area contributed by atoms with Crippen LogP contribution in [0, 0.1) is 5.92 Å². The highest BCUT2D eigenvalue weighted by Gasteiger charge is 2.48. The largest absolute Gasteiger partial charge is 0.480 e. The summed E-state index contributed by atoms with van der Waals surface area (Å²) in [5.74, 6) is -3.47. The summed E-state index contributed by atoms with van der Waals surface area (Å²) in [5, 5.41) is 50.0. The SMILES string of the molecule is CC(C)[C@@H](NCC1(O)OCC(O)C(O)C1O)C(=O)O. The second kappa shape index (κ2) is 6.12. The number of nitrogens with one attached hydrogen (secondary N) is 1. The molecule has 1 heterocycles. The quantitative estimate of drug-likeness (QED) is 0.324. The van der Waals surface area contributed by atoms with Crippen LogP contribution in [-0.2, 0) is 9.53 Å². The number of hydrogen-bond acceptors (Lipinski definition) is 7. The molecule has 0 saturated carbocycles. The van der Waals surface area contributed by atoms with Gasteiger partial charge in [0.15, 0.2) is 0 Å². The van der Waals surface area contributed by atoms with E-state index in [1.165, 1.54) is 0 Å². The molecule has 1 aliphatic heterocycles. The fraction of sp³-hybridized carbons (Fsp3) is 0.909. The lowest BCUT2D eigenvalue weighted by molar-refractivity contribution is -0.318. The van der Waals surface area contributed by atoms with E-state index in [1.807, 2.05) is 0 Å². The Balaban J connectivity index is 2.67. The number of hydrogen-bond donors (Lipinski definition) is 6. The Hall–Kier alpha value is -0.770. The first-order valence-corrected chi connectivity index (χ1v) is 6.05. The predicted molar refractivity (Wildman–Crippen MR) is 63.2 cm³/mol. The first-order chi connectivity index (χ1) is 8.69. The van der Waals surface area contributed by atoms with Crippen molar-refractivity contribution >= 4 is 5.97 Å². The molecule has 8 heteroatoms. The van der Waals surface area contributed by atoms with Crippen molar-refractivity contribution in [2.45, 2.75) is 44.0 Å². The van der Waals surface area contributed by atoms with Crippen molar-refractivity contribution in [1.82, 2.24) is 5.32 Å². The average Bonchev–Trinajstić information content (AvgIpc) is 2.31. The van der Waals surface area contributed by atoms with E-state index >= 15 is 0 Å². The lowest BCUT2D eigenvalue weighted by atomic mass is 9.96. The number of carbonyl (C=O) groups is 1. The van der Waals surface area contributed by atoms with Gasteiger partial charge < -0.3 is 30.3 Å². The van der Waals surface area contributed by atoms with Crippen LogP contribution in [0.1, 0.15) is 13.8 Å². The van der Waals surface area contributed by atoms with Gasteiger partial charge in [-0.05, 0) is 5.92 Å². The van der Waals surface area contributed by atoms with Crippen molar-refractivity contribution in [3.05, 3.63) is 0 Å². The van der Waals surface area contributed by atoms with E-state index in [0.29, 0.717) is 0 Å². The third-order valence-electron chi connectivity index (χ3n) is 3.19. The molecule has 0 radical (unpaired) electrons. The molecule has 6 N–H and O–H groups in total. The summed E-state index contributed by atoms with van der Waals surface area (Å²) in [5.41, 5.74) is 0. The van der Waals surface area contributed by atoms with Crippen LogP contribution in [0.25, 0.3) is 0 Å². The summed E-state index contributed by atoms with van der Waals surface area (Å²) >= 11 is 0. The van der Waals surface area contributed by atoms with Gasteiger partial charge in [-0.2, -0.15) is 0 Å². The summed E-state index contributed by atoms with van der Waals surface area (Å²) in [6.07, 6.45) is -4.58. The van der Waals surface area contributed by atoms with Gasteiger partial charge in [-0.25, -0.2) is 0 Å². The van der Waals surface area contributed by atoms with Crippen molar-refractivity contribution in [3.63, 3.8) is 0 Å². The Morgan fingerprint density at radius 1 is 1.42 bits per heavy atom. The molecule has 1 rings (SSSR count). The van der Waals surface area contributed by atoms with Crippen LogP contribution in [0.4, 0.5) is 0 Å². The van der Waals surface area contributed by atoms with Crippen LogP contribution in [0.5, 0.6) is 0 Å². The molecular formula is C11H21NO7. The molecule has 0 aliphatic carbocycles. The molecule has 19 heavy (non-hydrogen) atoms. The summed E-state index contributed by atoms with van der Waals surface area (Å²) in [6.45, 7) is 2.64. The summed E-state index contributed by atoms with van der Waals surface area (Å²) in [6, 6.07) is -0.927. The average molecular weight is 279 g/mol. The molecule has 1 aliphatic rings. The van der Waals surface area contributed by atoms with Gasteiger partial charge >= 0.3 is 5.97 Å². The standard InChI is InChI=1S/C11H21NO7/c1-5(2)7(10(16)17)12-4-11(18)9(15)8(14)6(13)3-19-11/h5-9,12-15,18H,3-4H2,1-2H3,(H,16,17)/t6?,7-,8?,9?,11?/m1/s1. The maximum absolute atomic E-state index is 11.0. The summed E-state index contributed by atoms with van der Waals surface area (Å²) in [7, 11) is 0. The number of aliphatic hydroxyl groups excluding tert-OH is 3. The zero-order chi connectivity index (χ0) is 14.8. The lowest BCUT2D eigenvalue weighted by Crippen LogP contribution is -2.65. The molecule has 1 saturated heterocycles. The monoisotopic (exact) mass is 279 g/mol. The van der Waals surface area contributed by atoms with Gasteiger partial charge in [0.25, 0.3) is 0 Å². The van der Waals surface area contributed by atoms with Crippen LogP contribution in [0.2, 0.25) is 0 Å².